The number of carbonyl (C=O) groups excluding carboxylic acids is 2. The van der Waals surface area contributed by atoms with E-state index < -0.39 is 74.2 Å². The van der Waals surface area contributed by atoms with Crippen molar-refractivity contribution >= 4 is 11.7 Å². The van der Waals surface area contributed by atoms with Crippen LogP contribution in [0.1, 0.15) is 206 Å². The summed E-state index contributed by atoms with van der Waals surface area (Å²) in [4.78, 5) is 25.1. The predicted molar refractivity (Wildman–Crippen MR) is 243 cm³/mol. The van der Waals surface area contributed by atoms with E-state index in [1.165, 1.54) is 70.6 Å². The van der Waals surface area contributed by atoms with Crippen molar-refractivity contribution in [2.24, 2.45) is 0 Å². The second-order valence-corrected chi connectivity index (χ2v) is 17.5. The summed E-state index contributed by atoms with van der Waals surface area (Å²) in [7, 11) is 0. The predicted octanol–water partition coefficient (Wildman–Crippen LogP) is 7.79. The minimum absolute atomic E-state index is 0.232. The van der Waals surface area contributed by atoms with Gasteiger partial charge in [-0.05, 0) is 63.9 Å². The molecule has 1 heterocycles. The molecule has 9 atom stereocenters. The van der Waals surface area contributed by atoms with E-state index in [2.05, 4.69) is 31.3 Å². The van der Waals surface area contributed by atoms with Crippen LogP contribution in [-0.4, -0.2) is 116 Å². The lowest BCUT2D eigenvalue weighted by Crippen LogP contribution is -2.60. The van der Waals surface area contributed by atoms with Gasteiger partial charge in [0.05, 0.1) is 25.4 Å². The maximum Gasteiger partial charge on any atom is 0.249 e. The standard InChI is InChI=1S/C49H91NO11/c1-3-5-7-9-10-11-12-13-14-17-20-23-27-31-35-41(53)44(55)40(38-60-49-47(58)46(57)45(56)43(37-51)61-49)50-48(59)42(54)36-32-28-24-21-18-15-16-19-22-26-30-34-39(52)33-29-25-8-6-4-2/h13-14,29,33,40-47,49,51,53-58H,3-12,15-28,30-32,34-38H2,1-2H3,(H,50,59)/b14-13-,33-29+/t40-,41+,42+,43+,44-,45+,46-,47+,49+/m0/s1. The molecule has 12 heteroatoms. The lowest BCUT2D eigenvalue weighted by molar-refractivity contribution is -0.303. The van der Waals surface area contributed by atoms with Crippen LogP contribution in [0.25, 0.3) is 0 Å². The molecule has 0 saturated carbocycles. The van der Waals surface area contributed by atoms with Gasteiger partial charge in [0.25, 0.3) is 0 Å². The zero-order valence-corrected chi connectivity index (χ0v) is 38.4. The van der Waals surface area contributed by atoms with Crippen molar-refractivity contribution in [3.63, 3.8) is 0 Å². The van der Waals surface area contributed by atoms with Crippen LogP contribution in [0.15, 0.2) is 24.3 Å². The van der Waals surface area contributed by atoms with E-state index in [9.17, 15) is 45.3 Å². The molecule has 0 aromatic rings. The first-order valence-electron chi connectivity index (χ1n) is 24.7. The van der Waals surface area contributed by atoms with Crippen molar-refractivity contribution in [1.82, 2.24) is 5.32 Å². The van der Waals surface area contributed by atoms with Crippen LogP contribution in [0, 0.1) is 0 Å². The number of rotatable bonds is 41. The molecule has 61 heavy (non-hydrogen) atoms. The van der Waals surface area contributed by atoms with Crippen LogP contribution in [0.2, 0.25) is 0 Å². The average Bonchev–Trinajstić information content (AvgIpc) is 3.25. The Labute approximate surface area is 370 Å². The molecule has 1 rings (SSSR count). The molecule has 0 spiro atoms. The number of unbranched alkanes of at least 4 members (excludes halogenated alkanes) is 23. The smallest absolute Gasteiger partial charge is 0.249 e. The van der Waals surface area contributed by atoms with Gasteiger partial charge in [0, 0.05) is 6.42 Å². The van der Waals surface area contributed by atoms with Crippen LogP contribution in [0.5, 0.6) is 0 Å². The molecule has 0 aliphatic carbocycles. The highest BCUT2D eigenvalue weighted by Gasteiger charge is 2.44. The van der Waals surface area contributed by atoms with E-state index in [1.54, 1.807) is 6.08 Å². The first-order chi connectivity index (χ1) is 29.6. The van der Waals surface area contributed by atoms with Crippen LogP contribution in [0.3, 0.4) is 0 Å². The molecule has 1 aliphatic rings. The molecule has 0 aromatic carbocycles. The molecular formula is C49H91NO11. The van der Waals surface area contributed by atoms with Gasteiger partial charge >= 0.3 is 0 Å². The van der Waals surface area contributed by atoms with E-state index in [-0.39, 0.29) is 18.6 Å². The first kappa shape index (κ1) is 57.3. The molecule has 0 bridgehead atoms. The molecule has 1 fully saturated rings. The van der Waals surface area contributed by atoms with Gasteiger partial charge in [-0.25, -0.2) is 0 Å². The molecule has 8 N–H and O–H groups in total. The number of ketones is 1. The highest BCUT2D eigenvalue weighted by atomic mass is 16.7. The lowest BCUT2D eigenvalue weighted by atomic mass is 9.98. The highest BCUT2D eigenvalue weighted by Crippen LogP contribution is 2.23. The van der Waals surface area contributed by atoms with Crippen molar-refractivity contribution in [3.8, 4) is 0 Å². The van der Waals surface area contributed by atoms with Crippen molar-refractivity contribution in [1.29, 1.82) is 0 Å². The molecular weight excluding hydrogens is 779 g/mol. The zero-order chi connectivity index (χ0) is 44.9. The van der Waals surface area contributed by atoms with E-state index >= 15 is 0 Å². The summed E-state index contributed by atoms with van der Waals surface area (Å²) in [5.74, 6) is -0.479. The van der Waals surface area contributed by atoms with Crippen molar-refractivity contribution in [3.05, 3.63) is 24.3 Å². The van der Waals surface area contributed by atoms with Crippen molar-refractivity contribution in [2.45, 2.75) is 262 Å². The fourth-order valence-electron chi connectivity index (χ4n) is 7.76. The summed E-state index contributed by atoms with van der Waals surface area (Å²) < 4.78 is 11.1. The normalized spacial score (nSPS) is 21.6. The summed E-state index contributed by atoms with van der Waals surface area (Å²) in [5, 5.41) is 75.7. The Hall–Kier alpha value is -1.74. The SMILES string of the molecule is CCCCC/C=C/C(=O)CCCCCCCCCCCCC[C@@H](O)C(=O)N[C@@H](CO[C@@H]1O[C@H](CO)[C@@H](O)[C@H](O)[C@H]1O)[C@H](O)[C@H](O)CCCCCC/C=C\CCCCCCCC. The Morgan fingerprint density at radius 2 is 1.08 bits per heavy atom. The number of nitrogens with one attached hydrogen (secondary N) is 1. The molecule has 0 radical (unpaired) electrons. The Morgan fingerprint density at radius 1 is 0.607 bits per heavy atom. The van der Waals surface area contributed by atoms with E-state index in [1.807, 2.05) is 6.08 Å². The third-order valence-electron chi connectivity index (χ3n) is 11.9. The van der Waals surface area contributed by atoms with E-state index in [0.29, 0.717) is 19.3 Å². The molecule has 0 unspecified atom stereocenters. The number of hydrogen-bond acceptors (Lipinski definition) is 11. The molecule has 1 saturated heterocycles. The molecule has 1 amide bonds. The number of amides is 1. The topological polar surface area (TPSA) is 206 Å². The van der Waals surface area contributed by atoms with Crippen LogP contribution < -0.4 is 5.32 Å². The molecule has 358 valence electrons. The highest BCUT2D eigenvalue weighted by molar-refractivity contribution is 5.89. The Balaban J connectivity index is 2.42. The summed E-state index contributed by atoms with van der Waals surface area (Å²) in [6, 6.07) is -1.19. The Morgan fingerprint density at radius 3 is 1.66 bits per heavy atom. The van der Waals surface area contributed by atoms with E-state index in [0.717, 1.165) is 89.9 Å². The molecule has 0 aromatic heterocycles. The van der Waals surface area contributed by atoms with Gasteiger partial charge in [0.2, 0.25) is 5.91 Å². The Bertz CT molecular complexity index is 1100. The van der Waals surface area contributed by atoms with Gasteiger partial charge in [-0.3, -0.25) is 9.59 Å². The molecule has 12 nitrogen and oxygen atoms in total. The van der Waals surface area contributed by atoms with Gasteiger partial charge in [0.15, 0.2) is 12.1 Å². The number of carbonyl (C=O) groups is 2. The van der Waals surface area contributed by atoms with Crippen LogP contribution in [0.4, 0.5) is 0 Å². The van der Waals surface area contributed by atoms with E-state index in [4.69, 9.17) is 9.47 Å². The number of aliphatic hydroxyl groups excluding tert-OH is 7. The number of allylic oxidation sites excluding steroid dienone is 4. The Kier molecular flexibility index (Phi) is 36.3. The summed E-state index contributed by atoms with van der Waals surface area (Å²) >= 11 is 0. The monoisotopic (exact) mass is 870 g/mol. The summed E-state index contributed by atoms with van der Waals surface area (Å²) in [6.45, 7) is 3.32. The van der Waals surface area contributed by atoms with Gasteiger partial charge in [-0.2, -0.15) is 0 Å². The fraction of sp³-hybridized carbons (Fsp3) is 0.878. The number of hydrogen-bond donors (Lipinski definition) is 8. The quantitative estimate of drug-likeness (QED) is 0.0169. The third kappa shape index (κ3) is 28.6. The first-order valence-corrected chi connectivity index (χ1v) is 24.7. The van der Waals surface area contributed by atoms with Crippen LogP contribution >= 0.6 is 0 Å². The van der Waals surface area contributed by atoms with Crippen LogP contribution in [-0.2, 0) is 19.1 Å². The second-order valence-electron chi connectivity index (χ2n) is 17.5. The number of ether oxygens (including phenoxy) is 2. The summed E-state index contributed by atoms with van der Waals surface area (Å²) in [5.41, 5.74) is 0. The zero-order valence-electron chi connectivity index (χ0n) is 38.4. The van der Waals surface area contributed by atoms with Gasteiger partial charge in [-0.1, -0.05) is 160 Å². The van der Waals surface area contributed by atoms with Gasteiger partial charge in [-0.15, -0.1) is 0 Å². The third-order valence-corrected chi connectivity index (χ3v) is 11.9. The second kappa shape index (κ2) is 38.7. The molecule has 1 aliphatic heterocycles. The minimum Gasteiger partial charge on any atom is -0.394 e. The van der Waals surface area contributed by atoms with Crippen molar-refractivity contribution < 1.29 is 54.8 Å². The van der Waals surface area contributed by atoms with Crippen molar-refractivity contribution in [2.75, 3.05) is 13.2 Å². The summed E-state index contributed by atoms with van der Waals surface area (Å²) in [6.07, 6.45) is 27.3. The lowest BCUT2D eigenvalue weighted by Gasteiger charge is -2.40. The minimum atomic E-state index is -1.67. The largest absolute Gasteiger partial charge is 0.394 e. The maximum absolute atomic E-state index is 13.1. The fourth-order valence-corrected chi connectivity index (χ4v) is 7.76. The average molecular weight is 870 g/mol. The maximum atomic E-state index is 13.1. The van der Waals surface area contributed by atoms with Gasteiger partial charge in [0.1, 0.15) is 36.6 Å². The number of aliphatic hydroxyl groups is 7. The van der Waals surface area contributed by atoms with Gasteiger partial charge < -0.3 is 50.5 Å².